The fraction of sp³-hybridized carbons (Fsp3) is 0.250. The van der Waals surface area contributed by atoms with Crippen LogP contribution in [0.4, 0.5) is 0 Å². The summed E-state index contributed by atoms with van der Waals surface area (Å²) < 4.78 is 1.77. The molecule has 0 aliphatic rings. The number of aryl methyl sites for hydroxylation is 1. The molecule has 25 heavy (non-hydrogen) atoms. The van der Waals surface area contributed by atoms with Gasteiger partial charge in [0.15, 0.2) is 0 Å². The zero-order valence-electron chi connectivity index (χ0n) is 14.6. The van der Waals surface area contributed by atoms with Crippen molar-refractivity contribution in [1.29, 1.82) is 0 Å². The number of hydrogen-bond donors (Lipinski definition) is 0. The molecule has 128 valence electrons. The lowest BCUT2D eigenvalue weighted by molar-refractivity contribution is 0.0766. The van der Waals surface area contributed by atoms with Crippen molar-refractivity contribution in [2.45, 2.75) is 20.3 Å². The minimum atomic E-state index is -0.0161. The van der Waals surface area contributed by atoms with E-state index in [4.69, 9.17) is 0 Å². The molecule has 3 rings (SSSR count). The van der Waals surface area contributed by atoms with E-state index in [2.05, 4.69) is 16.9 Å². The highest BCUT2D eigenvalue weighted by Crippen LogP contribution is 2.13. The number of rotatable bonds is 6. The van der Waals surface area contributed by atoms with Crippen LogP contribution in [0.15, 0.2) is 54.9 Å². The maximum atomic E-state index is 13.1. The predicted molar refractivity (Wildman–Crippen MR) is 99.4 cm³/mol. The van der Waals surface area contributed by atoms with Gasteiger partial charge < -0.3 is 4.90 Å². The van der Waals surface area contributed by atoms with E-state index >= 15 is 0 Å². The Bertz CT molecular complexity index is 883. The topological polar surface area (TPSA) is 50.5 Å². The molecule has 0 atom stereocenters. The van der Waals surface area contributed by atoms with Crippen molar-refractivity contribution < 1.29 is 4.79 Å². The standard InChI is InChI=1S/C20H22N4O/c1-3-13-23(14-7-11-17-9-5-4-6-10-17)19(25)18-16(2)22-20-21-12-8-15-24(18)20/h4-12,15H,3,13-14H2,1-2H3/b11-7+. The second-order valence-electron chi connectivity index (χ2n) is 5.90. The Hall–Kier alpha value is -2.95. The van der Waals surface area contributed by atoms with Gasteiger partial charge in [-0.1, -0.05) is 49.4 Å². The Kier molecular flexibility index (Phi) is 5.23. The molecule has 2 heterocycles. The van der Waals surface area contributed by atoms with Crippen LogP contribution in [0.3, 0.4) is 0 Å². The van der Waals surface area contributed by atoms with Crippen LogP contribution in [0.1, 0.15) is 35.1 Å². The minimum Gasteiger partial charge on any atom is -0.334 e. The van der Waals surface area contributed by atoms with Crippen molar-refractivity contribution in [1.82, 2.24) is 19.3 Å². The Morgan fingerprint density at radius 1 is 1.24 bits per heavy atom. The van der Waals surface area contributed by atoms with Crippen LogP contribution in [-0.4, -0.2) is 38.3 Å². The highest BCUT2D eigenvalue weighted by molar-refractivity contribution is 5.94. The lowest BCUT2D eigenvalue weighted by Gasteiger charge is -2.20. The molecular weight excluding hydrogens is 312 g/mol. The summed E-state index contributed by atoms with van der Waals surface area (Å²) in [6, 6.07) is 11.9. The van der Waals surface area contributed by atoms with Crippen LogP contribution < -0.4 is 0 Å². The van der Waals surface area contributed by atoms with E-state index in [1.54, 1.807) is 10.6 Å². The van der Waals surface area contributed by atoms with E-state index in [1.807, 2.05) is 66.6 Å². The van der Waals surface area contributed by atoms with E-state index in [0.29, 0.717) is 30.3 Å². The third-order valence-electron chi connectivity index (χ3n) is 4.00. The molecule has 3 aromatic rings. The normalized spacial score (nSPS) is 11.3. The van der Waals surface area contributed by atoms with E-state index in [9.17, 15) is 4.79 Å². The molecule has 0 N–H and O–H groups in total. The van der Waals surface area contributed by atoms with Gasteiger partial charge in [0.25, 0.3) is 5.91 Å². The molecule has 2 aromatic heterocycles. The number of carbonyl (C=O) groups is 1. The SMILES string of the molecule is CCCN(C/C=C/c1ccccc1)C(=O)c1c(C)nc2ncccn12. The monoisotopic (exact) mass is 334 g/mol. The Balaban J connectivity index is 1.83. The van der Waals surface area contributed by atoms with E-state index in [0.717, 1.165) is 12.0 Å². The van der Waals surface area contributed by atoms with Crippen molar-refractivity contribution in [3.63, 3.8) is 0 Å². The molecular formula is C20H22N4O. The minimum absolute atomic E-state index is 0.0161. The lowest BCUT2D eigenvalue weighted by atomic mass is 10.2. The van der Waals surface area contributed by atoms with Crippen LogP contribution >= 0.6 is 0 Å². The molecule has 0 aliphatic carbocycles. The van der Waals surface area contributed by atoms with Gasteiger partial charge in [-0.05, 0) is 25.0 Å². The molecule has 0 saturated carbocycles. The van der Waals surface area contributed by atoms with Gasteiger partial charge in [0, 0.05) is 25.5 Å². The zero-order chi connectivity index (χ0) is 17.6. The molecule has 0 radical (unpaired) electrons. The predicted octanol–water partition coefficient (Wildman–Crippen LogP) is 3.60. The van der Waals surface area contributed by atoms with E-state index in [-0.39, 0.29) is 5.91 Å². The van der Waals surface area contributed by atoms with Gasteiger partial charge in [-0.25, -0.2) is 9.97 Å². The number of aromatic nitrogens is 3. The number of imidazole rings is 1. The van der Waals surface area contributed by atoms with Crippen LogP contribution in [0.25, 0.3) is 11.9 Å². The molecule has 1 amide bonds. The van der Waals surface area contributed by atoms with Gasteiger partial charge in [-0.3, -0.25) is 9.20 Å². The summed E-state index contributed by atoms with van der Waals surface area (Å²) in [5, 5.41) is 0. The first-order valence-electron chi connectivity index (χ1n) is 8.51. The van der Waals surface area contributed by atoms with Gasteiger partial charge in [0.2, 0.25) is 5.78 Å². The highest BCUT2D eigenvalue weighted by atomic mass is 16.2. The smallest absolute Gasteiger partial charge is 0.273 e. The number of hydrogen-bond acceptors (Lipinski definition) is 3. The summed E-state index contributed by atoms with van der Waals surface area (Å²) >= 11 is 0. The number of carbonyl (C=O) groups excluding carboxylic acids is 1. The fourth-order valence-electron chi connectivity index (χ4n) is 2.83. The van der Waals surface area contributed by atoms with Crippen LogP contribution in [-0.2, 0) is 0 Å². The van der Waals surface area contributed by atoms with Crippen LogP contribution in [0.2, 0.25) is 0 Å². The number of benzene rings is 1. The Labute approximate surface area is 147 Å². The average Bonchev–Trinajstić information content (AvgIpc) is 2.97. The van der Waals surface area contributed by atoms with E-state index in [1.165, 1.54) is 0 Å². The van der Waals surface area contributed by atoms with Crippen LogP contribution in [0, 0.1) is 6.92 Å². The molecule has 0 spiro atoms. The first kappa shape index (κ1) is 16.9. The molecule has 0 fully saturated rings. The van der Waals surface area contributed by atoms with Gasteiger partial charge in [-0.15, -0.1) is 0 Å². The van der Waals surface area contributed by atoms with Crippen molar-refractivity contribution in [3.05, 3.63) is 71.8 Å². The third-order valence-corrected chi connectivity index (χ3v) is 4.00. The quantitative estimate of drug-likeness (QED) is 0.692. The zero-order valence-corrected chi connectivity index (χ0v) is 14.6. The summed E-state index contributed by atoms with van der Waals surface area (Å²) in [6.07, 6.45) is 8.49. The van der Waals surface area contributed by atoms with Gasteiger partial charge in [0.05, 0.1) is 5.69 Å². The summed E-state index contributed by atoms with van der Waals surface area (Å²) in [5.41, 5.74) is 2.42. The molecule has 5 nitrogen and oxygen atoms in total. The third kappa shape index (κ3) is 3.76. The largest absolute Gasteiger partial charge is 0.334 e. The number of amides is 1. The average molecular weight is 334 g/mol. The second kappa shape index (κ2) is 7.75. The number of nitrogens with zero attached hydrogens (tertiary/aromatic N) is 4. The summed E-state index contributed by atoms with van der Waals surface area (Å²) in [6.45, 7) is 5.19. The fourth-order valence-corrected chi connectivity index (χ4v) is 2.83. The molecule has 0 unspecified atom stereocenters. The van der Waals surface area contributed by atoms with Gasteiger partial charge >= 0.3 is 0 Å². The van der Waals surface area contributed by atoms with Crippen molar-refractivity contribution >= 4 is 17.8 Å². The molecule has 0 bridgehead atoms. The Morgan fingerprint density at radius 2 is 2.04 bits per heavy atom. The van der Waals surface area contributed by atoms with Crippen molar-refractivity contribution in [3.8, 4) is 0 Å². The first-order valence-corrected chi connectivity index (χ1v) is 8.51. The lowest BCUT2D eigenvalue weighted by Crippen LogP contribution is -2.33. The highest BCUT2D eigenvalue weighted by Gasteiger charge is 2.21. The maximum Gasteiger partial charge on any atom is 0.273 e. The summed E-state index contributed by atoms with van der Waals surface area (Å²) in [5.74, 6) is 0.539. The Morgan fingerprint density at radius 3 is 2.80 bits per heavy atom. The molecule has 5 heteroatoms. The van der Waals surface area contributed by atoms with Crippen molar-refractivity contribution in [2.24, 2.45) is 0 Å². The van der Waals surface area contributed by atoms with Crippen molar-refractivity contribution in [2.75, 3.05) is 13.1 Å². The molecule has 1 aromatic carbocycles. The molecule has 0 aliphatic heterocycles. The summed E-state index contributed by atoms with van der Waals surface area (Å²) in [7, 11) is 0. The maximum absolute atomic E-state index is 13.1. The second-order valence-corrected chi connectivity index (χ2v) is 5.90. The molecule has 0 saturated heterocycles. The summed E-state index contributed by atoms with van der Waals surface area (Å²) in [4.78, 5) is 23.5. The van der Waals surface area contributed by atoms with Gasteiger partial charge in [0.1, 0.15) is 5.69 Å². The van der Waals surface area contributed by atoms with E-state index < -0.39 is 0 Å². The van der Waals surface area contributed by atoms with Gasteiger partial charge in [-0.2, -0.15) is 0 Å². The number of fused-ring (bicyclic) bond motifs is 1. The first-order chi connectivity index (χ1) is 12.2. The van der Waals surface area contributed by atoms with Crippen LogP contribution in [0.5, 0.6) is 0 Å².